The molecule has 0 N–H and O–H groups in total. The SMILES string of the molecule is Cc1cc2occ(CC(=O)N(C)C3CCN(C(=O)OC(C)(C)C)CC3)c2cc1C. The lowest BCUT2D eigenvalue weighted by Gasteiger charge is -2.37. The molecule has 0 spiro atoms. The van der Waals surface area contributed by atoms with Gasteiger partial charge < -0.3 is 19.0 Å². The predicted molar refractivity (Wildman–Crippen MR) is 113 cm³/mol. The number of fused-ring (bicyclic) bond motifs is 1. The minimum atomic E-state index is -0.495. The van der Waals surface area contributed by atoms with E-state index in [0.29, 0.717) is 19.5 Å². The summed E-state index contributed by atoms with van der Waals surface area (Å²) < 4.78 is 11.1. The van der Waals surface area contributed by atoms with Crippen LogP contribution in [0.2, 0.25) is 0 Å². The number of furan rings is 1. The minimum Gasteiger partial charge on any atom is -0.464 e. The van der Waals surface area contributed by atoms with E-state index in [9.17, 15) is 9.59 Å². The van der Waals surface area contributed by atoms with E-state index in [4.69, 9.17) is 9.15 Å². The third-order valence-corrected chi connectivity index (χ3v) is 5.67. The van der Waals surface area contributed by atoms with Gasteiger partial charge in [0.2, 0.25) is 5.91 Å². The Kier molecular flexibility index (Phi) is 5.92. The summed E-state index contributed by atoms with van der Waals surface area (Å²) in [6.07, 6.45) is 3.25. The average molecular weight is 401 g/mol. The second-order valence-electron chi connectivity index (χ2n) is 9.07. The second-order valence-corrected chi connectivity index (χ2v) is 9.07. The van der Waals surface area contributed by atoms with Crippen LogP contribution in [0.1, 0.15) is 50.3 Å². The molecule has 0 atom stereocenters. The molecule has 6 nitrogen and oxygen atoms in total. The summed E-state index contributed by atoms with van der Waals surface area (Å²) in [6.45, 7) is 10.9. The van der Waals surface area contributed by atoms with Crippen LogP contribution >= 0.6 is 0 Å². The zero-order valence-corrected chi connectivity index (χ0v) is 18.4. The lowest BCUT2D eigenvalue weighted by atomic mass is 10.0. The Balaban J connectivity index is 1.59. The van der Waals surface area contributed by atoms with E-state index in [-0.39, 0.29) is 18.0 Å². The number of hydrogen-bond donors (Lipinski definition) is 0. The molecule has 158 valence electrons. The van der Waals surface area contributed by atoms with E-state index in [0.717, 1.165) is 29.4 Å². The quantitative estimate of drug-likeness (QED) is 0.764. The number of rotatable bonds is 3. The second kappa shape index (κ2) is 8.09. The molecule has 6 heteroatoms. The van der Waals surface area contributed by atoms with E-state index < -0.39 is 5.60 Å². The van der Waals surface area contributed by atoms with Gasteiger partial charge in [0.1, 0.15) is 11.2 Å². The van der Waals surface area contributed by atoms with Crippen molar-refractivity contribution in [3.05, 3.63) is 35.1 Å². The summed E-state index contributed by atoms with van der Waals surface area (Å²) in [6, 6.07) is 4.24. The van der Waals surface area contributed by atoms with Gasteiger partial charge in [0.25, 0.3) is 0 Å². The fourth-order valence-electron chi connectivity index (χ4n) is 3.73. The van der Waals surface area contributed by atoms with Crippen LogP contribution < -0.4 is 0 Å². The third kappa shape index (κ3) is 4.92. The maximum absolute atomic E-state index is 12.9. The zero-order chi connectivity index (χ0) is 21.3. The summed E-state index contributed by atoms with van der Waals surface area (Å²) in [5.74, 6) is 0.0710. The van der Waals surface area contributed by atoms with Gasteiger partial charge in [-0.3, -0.25) is 4.79 Å². The van der Waals surface area contributed by atoms with Gasteiger partial charge in [-0.25, -0.2) is 4.79 Å². The Morgan fingerprint density at radius 3 is 2.41 bits per heavy atom. The maximum Gasteiger partial charge on any atom is 0.410 e. The molecule has 2 heterocycles. The Bertz CT molecular complexity index is 901. The van der Waals surface area contributed by atoms with E-state index in [1.165, 1.54) is 11.1 Å². The lowest BCUT2D eigenvalue weighted by Crippen LogP contribution is -2.48. The van der Waals surface area contributed by atoms with Crippen LogP contribution in [0.15, 0.2) is 22.8 Å². The van der Waals surface area contributed by atoms with Crippen LogP contribution in [0.4, 0.5) is 4.79 Å². The molecule has 0 saturated carbocycles. The van der Waals surface area contributed by atoms with Gasteiger partial charge in [-0.1, -0.05) is 0 Å². The lowest BCUT2D eigenvalue weighted by molar-refractivity contribution is -0.132. The van der Waals surface area contributed by atoms with Crippen LogP contribution in [0.3, 0.4) is 0 Å². The van der Waals surface area contributed by atoms with E-state index in [1.54, 1.807) is 11.2 Å². The molecule has 1 aliphatic heterocycles. The molecule has 1 aromatic carbocycles. The number of carbonyl (C=O) groups excluding carboxylic acids is 2. The molecular formula is C23H32N2O4. The van der Waals surface area contributed by atoms with Crippen molar-refractivity contribution in [2.75, 3.05) is 20.1 Å². The van der Waals surface area contributed by atoms with Crippen molar-refractivity contribution < 1.29 is 18.7 Å². The third-order valence-electron chi connectivity index (χ3n) is 5.67. The summed E-state index contributed by atoms with van der Waals surface area (Å²) in [4.78, 5) is 28.7. The number of piperidine rings is 1. The van der Waals surface area contributed by atoms with Crippen LogP contribution in [0.5, 0.6) is 0 Å². The smallest absolute Gasteiger partial charge is 0.410 e. The topological polar surface area (TPSA) is 63.0 Å². The molecule has 1 saturated heterocycles. The van der Waals surface area contributed by atoms with Crippen LogP contribution in [-0.2, 0) is 16.0 Å². The first-order valence-electron chi connectivity index (χ1n) is 10.3. The van der Waals surface area contributed by atoms with Crippen molar-refractivity contribution in [1.29, 1.82) is 0 Å². The molecule has 0 radical (unpaired) electrons. The van der Waals surface area contributed by atoms with Crippen molar-refractivity contribution in [2.24, 2.45) is 0 Å². The number of nitrogens with zero attached hydrogens (tertiary/aromatic N) is 2. The molecule has 29 heavy (non-hydrogen) atoms. The van der Waals surface area contributed by atoms with Gasteiger partial charge in [0, 0.05) is 37.1 Å². The molecular weight excluding hydrogens is 368 g/mol. The number of carbonyl (C=O) groups is 2. The van der Waals surface area contributed by atoms with Crippen molar-refractivity contribution in [3.8, 4) is 0 Å². The van der Waals surface area contributed by atoms with Crippen LogP contribution in [0.25, 0.3) is 11.0 Å². The fourth-order valence-corrected chi connectivity index (χ4v) is 3.73. The molecule has 2 aromatic rings. The normalized spacial score (nSPS) is 15.6. The van der Waals surface area contributed by atoms with E-state index in [2.05, 4.69) is 19.9 Å². The number of likely N-dealkylation sites (tertiary alicyclic amines) is 1. The van der Waals surface area contributed by atoms with Crippen LogP contribution in [0, 0.1) is 13.8 Å². The first-order valence-corrected chi connectivity index (χ1v) is 10.3. The molecule has 1 aromatic heterocycles. The highest BCUT2D eigenvalue weighted by atomic mass is 16.6. The summed E-state index contributed by atoms with van der Waals surface area (Å²) in [5, 5.41) is 1.01. The van der Waals surface area contributed by atoms with Gasteiger partial charge in [-0.05, 0) is 70.7 Å². The molecule has 1 aliphatic rings. The number of hydrogen-bond acceptors (Lipinski definition) is 4. The Morgan fingerprint density at radius 2 is 1.79 bits per heavy atom. The average Bonchev–Trinajstić information content (AvgIpc) is 3.01. The predicted octanol–water partition coefficient (Wildman–Crippen LogP) is 4.45. The molecule has 1 fully saturated rings. The number of benzene rings is 1. The van der Waals surface area contributed by atoms with E-state index >= 15 is 0 Å². The number of aryl methyl sites for hydroxylation is 2. The molecule has 0 unspecified atom stereocenters. The van der Waals surface area contributed by atoms with Gasteiger partial charge in [0.05, 0.1) is 12.7 Å². The van der Waals surface area contributed by atoms with Gasteiger partial charge in [-0.15, -0.1) is 0 Å². The summed E-state index contributed by atoms with van der Waals surface area (Å²) in [7, 11) is 1.85. The summed E-state index contributed by atoms with van der Waals surface area (Å²) in [5.41, 5.74) is 3.62. The molecule has 2 amide bonds. The Labute approximate surface area is 172 Å². The van der Waals surface area contributed by atoms with Crippen molar-refractivity contribution in [1.82, 2.24) is 9.80 Å². The van der Waals surface area contributed by atoms with E-state index in [1.807, 2.05) is 38.8 Å². The Hall–Kier alpha value is -2.50. The summed E-state index contributed by atoms with van der Waals surface area (Å²) >= 11 is 0. The van der Waals surface area contributed by atoms with Gasteiger partial charge in [-0.2, -0.15) is 0 Å². The molecule has 0 bridgehead atoms. The maximum atomic E-state index is 12.9. The van der Waals surface area contributed by atoms with Crippen LogP contribution in [-0.4, -0.2) is 53.6 Å². The Morgan fingerprint density at radius 1 is 1.17 bits per heavy atom. The molecule has 3 rings (SSSR count). The van der Waals surface area contributed by atoms with Crippen molar-refractivity contribution in [2.45, 2.75) is 65.5 Å². The first-order chi connectivity index (χ1) is 13.5. The zero-order valence-electron chi connectivity index (χ0n) is 18.4. The van der Waals surface area contributed by atoms with Gasteiger partial charge in [0.15, 0.2) is 0 Å². The fraction of sp³-hybridized carbons (Fsp3) is 0.565. The number of ether oxygens (including phenoxy) is 1. The first kappa shape index (κ1) is 21.2. The van der Waals surface area contributed by atoms with Gasteiger partial charge >= 0.3 is 6.09 Å². The highest BCUT2D eigenvalue weighted by Crippen LogP contribution is 2.26. The molecule has 0 aliphatic carbocycles. The number of amides is 2. The van der Waals surface area contributed by atoms with Crippen molar-refractivity contribution >= 4 is 23.0 Å². The largest absolute Gasteiger partial charge is 0.464 e. The monoisotopic (exact) mass is 400 g/mol. The standard InChI is InChI=1S/C23H32N2O4/c1-15-11-19-17(14-28-20(19)12-16(15)2)13-21(26)24(6)18-7-9-25(10-8-18)22(27)29-23(3,4)5/h11-12,14,18H,7-10,13H2,1-6H3. The highest BCUT2D eigenvalue weighted by Gasteiger charge is 2.30. The van der Waals surface area contributed by atoms with Crippen molar-refractivity contribution in [3.63, 3.8) is 0 Å². The highest BCUT2D eigenvalue weighted by molar-refractivity contribution is 5.88. The minimum absolute atomic E-state index is 0.0710. The number of likely N-dealkylation sites (N-methyl/N-ethyl adjacent to an activating group) is 1.